The topological polar surface area (TPSA) is 66.5 Å². The molecule has 1 fully saturated rings. The van der Waals surface area contributed by atoms with Crippen LogP contribution in [-0.4, -0.2) is 37.8 Å². The molecule has 0 aliphatic carbocycles. The van der Waals surface area contributed by atoms with Crippen LogP contribution in [-0.2, 0) is 14.8 Å². The molecule has 126 valence electrons. The van der Waals surface area contributed by atoms with Crippen molar-refractivity contribution < 1.29 is 13.2 Å². The van der Waals surface area contributed by atoms with Gasteiger partial charge in [-0.1, -0.05) is 24.6 Å². The number of piperidine rings is 1. The van der Waals surface area contributed by atoms with E-state index in [-0.39, 0.29) is 16.8 Å². The molecule has 0 aromatic heterocycles. The van der Waals surface area contributed by atoms with Crippen molar-refractivity contribution in [3.05, 3.63) is 41.9 Å². The molecule has 1 aliphatic rings. The van der Waals surface area contributed by atoms with Crippen LogP contribution in [0, 0.1) is 0 Å². The summed E-state index contributed by atoms with van der Waals surface area (Å²) in [5.74, 6) is -0.243. The Kier molecular flexibility index (Phi) is 6.21. The van der Waals surface area contributed by atoms with Gasteiger partial charge < -0.3 is 5.32 Å². The van der Waals surface area contributed by atoms with Gasteiger partial charge in [0.1, 0.15) is 0 Å². The van der Waals surface area contributed by atoms with Crippen LogP contribution in [0.25, 0.3) is 0 Å². The van der Waals surface area contributed by atoms with Crippen LogP contribution in [0.2, 0.25) is 5.02 Å². The number of benzene rings is 1. The summed E-state index contributed by atoms with van der Waals surface area (Å²) in [7, 11) is -3.54. The highest BCUT2D eigenvalue weighted by Crippen LogP contribution is 2.27. The summed E-state index contributed by atoms with van der Waals surface area (Å²) in [6, 6.07) is 6.12. The molecule has 1 N–H and O–H groups in total. The lowest BCUT2D eigenvalue weighted by molar-refractivity contribution is -0.116. The van der Waals surface area contributed by atoms with Crippen LogP contribution in [0.4, 0.5) is 0 Å². The van der Waals surface area contributed by atoms with Crippen molar-refractivity contribution >= 4 is 27.5 Å². The summed E-state index contributed by atoms with van der Waals surface area (Å²) in [6.45, 7) is 4.34. The zero-order chi connectivity index (χ0) is 16.9. The predicted octanol–water partition coefficient (Wildman–Crippen LogP) is 2.58. The molecule has 1 aromatic carbocycles. The highest BCUT2D eigenvalue weighted by atomic mass is 35.5. The molecule has 1 heterocycles. The van der Waals surface area contributed by atoms with Gasteiger partial charge in [-0.15, -0.1) is 0 Å². The number of carbonyl (C=O) groups is 1. The Balaban J connectivity index is 2.11. The fraction of sp³-hybridized carbons (Fsp3) is 0.438. The number of hydrogen-bond acceptors (Lipinski definition) is 3. The molecule has 0 spiro atoms. The van der Waals surface area contributed by atoms with E-state index in [4.69, 9.17) is 11.6 Å². The molecular formula is C16H21ClN2O3S. The first-order valence-electron chi connectivity index (χ1n) is 7.63. The van der Waals surface area contributed by atoms with E-state index in [1.54, 1.807) is 16.4 Å². The smallest absolute Gasteiger partial charge is 0.243 e. The summed E-state index contributed by atoms with van der Waals surface area (Å²) < 4.78 is 27.2. The van der Waals surface area contributed by atoms with Gasteiger partial charge in [0, 0.05) is 24.2 Å². The van der Waals surface area contributed by atoms with E-state index in [1.807, 2.05) is 0 Å². The van der Waals surface area contributed by atoms with Crippen molar-refractivity contribution in [1.82, 2.24) is 9.62 Å². The van der Waals surface area contributed by atoms with Gasteiger partial charge in [-0.25, -0.2) is 8.42 Å². The first-order valence-corrected chi connectivity index (χ1v) is 9.44. The Morgan fingerprint density at radius 1 is 1.35 bits per heavy atom. The van der Waals surface area contributed by atoms with Gasteiger partial charge in [-0.3, -0.25) is 4.79 Å². The van der Waals surface area contributed by atoms with Gasteiger partial charge in [-0.2, -0.15) is 4.31 Å². The molecular weight excluding hydrogens is 336 g/mol. The largest absolute Gasteiger partial charge is 0.353 e. The second-order valence-corrected chi connectivity index (χ2v) is 7.83. The minimum Gasteiger partial charge on any atom is -0.353 e. The van der Waals surface area contributed by atoms with Gasteiger partial charge in [0.05, 0.1) is 4.90 Å². The Hall–Kier alpha value is -1.37. The molecule has 1 amide bonds. The Labute approximate surface area is 142 Å². The minimum absolute atomic E-state index is 0.102. The van der Waals surface area contributed by atoms with Gasteiger partial charge in [0.15, 0.2) is 0 Å². The third-order valence-electron chi connectivity index (χ3n) is 3.96. The predicted molar refractivity (Wildman–Crippen MR) is 90.8 cm³/mol. The molecule has 0 bridgehead atoms. The summed E-state index contributed by atoms with van der Waals surface area (Å²) in [5.41, 5.74) is 0. The van der Waals surface area contributed by atoms with Crippen molar-refractivity contribution in [2.75, 3.05) is 13.1 Å². The Morgan fingerprint density at radius 3 is 2.70 bits per heavy atom. The molecule has 1 atom stereocenters. The number of carbonyl (C=O) groups excluding carboxylic acids is 1. The number of nitrogens with zero attached hydrogens (tertiary/aromatic N) is 1. The van der Waals surface area contributed by atoms with E-state index in [2.05, 4.69) is 11.9 Å². The van der Waals surface area contributed by atoms with Crippen LogP contribution in [0.15, 0.2) is 41.8 Å². The Morgan fingerprint density at radius 2 is 2.04 bits per heavy atom. The third-order valence-corrected chi connectivity index (χ3v) is 6.17. The summed E-state index contributed by atoms with van der Waals surface area (Å²) in [4.78, 5) is 11.5. The lowest BCUT2D eigenvalue weighted by Crippen LogP contribution is -2.45. The molecule has 1 unspecified atom stereocenters. The SMILES string of the molecule is C=CC(=O)NCCC1CCCCN1S(=O)(=O)c1ccc(Cl)cc1. The van der Waals surface area contributed by atoms with E-state index < -0.39 is 10.0 Å². The maximum atomic E-state index is 12.8. The maximum absolute atomic E-state index is 12.8. The van der Waals surface area contributed by atoms with Crippen LogP contribution in [0.1, 0.15) is 25.7 Å². The lowest BCUT2D eigenvalue weighted by Gasteiger charge is -2.34. The van der Waals surface area contributed by atoms with E-state index in [0.29, 0.717) is 24.5 Å². The van der Waals surface area contributed by atoms with Crippen molar-refractivity contribution in [2.45, 2.75) is 36.6 Å². The van der Waals surface area contributed by atoms with Gasteiger partial charge in [0.2, 0.25) is 15.9 Å². The molecule has 7 heteroatoms. The van der Waals surface area contributed by atoms with Gasteiger partial charge in [-0.05, 0) is 49.6 Å². The lowest BCUT2D eigenvalue weighted by atomic mass is 10.0. The number of halogens is 1. The highest BCUT2D eigenvalue weighted by Gasteiger charge is 2.33. The van der Waals surface area contributed by atoms with Crippen LogP contribution < -0.4 is 5.32 Å². The van der Waals surface area contributed by atoms with E-state index in [9.17, 15) is 13.2 Å². The number of hydrogen-bond donors (Lipinski definition) is 1. The molecule has 23 heavy (non-hydrogen) atoms. The Bertz CT molecular complexity index is 658. The first kappa shape index (κ1) is 18.0. The molecule has 2 rings (SSSR count). The molecule has 1 aliphatic heterocycles. The van der Waals surface area contributed by atoms with Gasteiger partial charge in [0.25, 0.3) is 0 Å². The average Bonchev–Trinajstić information content (AvgIpc) is 2.55. The first-order chi connectivity index (χ1) is 10.9. The molecule has 0 radical (unpaired) electrons. The quantitative estimate of drug-likeness (QED) is 0.796. The number of nitrogens with one attached hydrogen (secondary N) is 1. The summed E-state index contributed by atoms with van der Waals surface area (Å²) >= 11 is 5.83. The highest BCUT2D eigenvalue weighted by molar-refractivity contribution is 7.89. The molecule has 0 saturated carbocycles. The zero-order valence-electron chi connectivity index (χ0n) is 12.9. The van der Waals surface area contributed by atoms with Gasteiger partial charge >= 0.3 is 0 Å². The number of amides is 1. The van der Waals surface area contributed by atoms with Crippen LogP contribution >= 0.6 is 11.6 Å². The van der Waals surface area contributed by atoms with Crippen LogP contribution in [0.5, 0.6) is 0 Å². The fourth-order valence-electron chi connectivity index (χ4n) is 2.76. The van der Waals surface area contributed by atoms with Crippen molar-refractivity contribution in [1.29, 1.82) is 0 Å². The van der Waals surface area contributed by atoms with Crippen molar-refractivity contribution in [2.24, 2.45) is 0 Å². The van der Waals surface area contributed by atoms with E-state index in [1.165, 1.54) is 18.2 Å². The maximum Gasteiger partial charge on any atom is 0.243 e. The number of sulfonamides is 1. The second kappa shape index (κ2) is 7.95. The second-order valence-electron chi connectivity index (χ2n) is 5.50. The molecule has 5 nitrogen and oxygen atoms in total. The normalized spacial score (nSPS) is 19.3. The third kappa shape index (κ3) is 4.56. The average molecular weight is 357 g/mol. The monoisotopic (exact) mass is 356 g/mol. The van der Waals surface area contributed by atoms with Crippen molar-refractivity contribution in [3.8, 4) is 0 Å². The van der Waals surface area contributed by atoms with Crippen LogP contribution in [0.3, 0.4) is 0 Å². The zero-order valence-corrected chi connectivity index (χ0v) is 14.4. The number of rotatable bonds is 6. The fourth-order valence-corrected chi connectivity index (χ4v) is 4.60. The molecule has 1 aromatic rings. The van der Waals surface area contributed by atoms with Crippen molar-refractivity contribution in [3.63, 3.8) is 0 Å². The van der Waals surface area contributed by atoms with E-state index >= 15 is 0 Å². The minimum atomic E-state index is -3.54. The van der Waals surface area contributed by atoms with E-state index in [0.717, 1.165) is 19.3 Å². The molecule has 1 saturated heterocycles. The summed E-state index contributed by atoms with van der Waals surface area (Å²) in [6.07, 6.45) is 4.45. The summed E-state index contributed by atoms with van der Waals surface area (Å²) in [5, 5.41) is 3.21. The standard InChI is InChI=1S/C16H21ClN2O3S/c1-2-16(20)18-11-10-14-5-3-4-12-19(14)23(21,22)15-8-6-13(17)7-9-15/h2,6-9,14H,1,3-5,10-12H2,(H,18,20).